The van der Waals surface area contributed by atoms with Crippen LogP contribution in [0.4, 0.5) is 0 Å². The summed E-state index contributed by atoms with van der Waals surface area (Å²) in [6.45, 7) is 0.491. The van der Waals surface area contributed by atoms with E-state index < -0.39 is 5.97 Å². The number of aromatic carboxylic acids is 1. The van der Waals surface area contributed by atoms with Crippen LogP contribution in [0, 0.1) is 0 Å². The number of rotatable bonds is 5. The number of carboxylic acid groups (broad SMARTS) is 1. The molecule has 4 rings (SSSR count). The Balaban J connectivity index is 1.60. The lowest BCUT2D eigenvalue weighted by Crippen LogP contribution is -1.96. The first-order valence-corrected chi connectivity index (χ1v) is 9.45. The Bertz CT molecular complexity index is 1090. The van der Waals surface area contributed by atoms with Crippen LogP contribution < -0.4 is 4.74 Å². The molecular weight excluding hydrogens is 416 g/mol. The van der Waals surface area contributed by atoms with Crippen molar-refractivity contribution in [2.45, 2.75) is 6.61 Å². The quantitative estimate of drug-likeness (QED) is 0.479. The summed E-state index contributed by atoms with van der Waals surface area (Å²) in [5.41, 5.74) is 2.98. The van der Waals surface area contributed by atoms with Crippen LogP contribution in [0.25, 0.3) is 16.2 Å². The fraction of sp³-hybridized carbons (Fsp3) is 0.0526. The maximum absolute atomic E-state index is 11.1. The van der Waals surface area contributed by atoms with Crippen molar-refractivity contribution in [3.05, 3.63) is 75.8 Å². The van der Waals surface area contributed by atoms with Crippen molar-refractivity contribution in [1.82, 2.24) is 9.38 Å². The Kier molecular flexibility index (Phi) is 4.48. The highest BCUT2D eigenvalue weighted by Gasteiger charge is 2.14. The Hall–Kier alpha value is -2.64. The maximum Gasteiger partial charge on any atom is 0.356 e. The first-order valence-electron chi connectivity index (χ1n) is 7.78. The second-order valence-electron chi connectivity index (χ2n) is 5.62. The minimum Gasteiger partial charge on any atom is -0.488 e. The molecule has 0 aliphatic rings. The van der Waals surface area contributed by atoms with Crippen LogP contribution in [-0.2, 0) is 6.61 Å². The Morgan fingerprint density at radius 2 is 2.04 bits per heavy atom. The molecular formula is C19H13BrN2O3S. The number of hydrogen-bond acceptors (Lipinski definition) is 4. The van der Waals surface area contributed by atoms with Gasteiger partial charge in [0.1, 0.15) is 12.4 Å². The number of benzene rings is 2. The zero-order valence-electron chi connectivity index (χ0n) is 13.4. The number of hydrogen-bond donors (Lipinski definition) is 1. The highest BCUT2D eigenvalue weighted by Crippen LogP contribution is 2.33. The lowest BCUT2D eigenvalue weighted by molar-refractivity contribution is 0.0691. The molecule has 4 aromatic rings. The first-order chi connectivity index (χ1) is 12.6. The van der Waals surface area contributed by atoms with Gasteiger partial charge in [0.15, 0.2) is 10.7 Å². The third-order valence-corrected chi connectivity index (χ3v) is 5.35. The van der Waals surface area contributed by atoms with Crippen LogP contribution in [0.15, 0.2) is 64.6 Å². The summed E-state index contributed by atoms with van der Waals surface area (Å²) in [5.74, 6) is -0.279. The van der Waals surface area contributed by atoms with Crippen molar-refractivity contribution in [3.8, 4) is 17.0 Å². The Morgan fingerprint density at radius 3 is 2.77 bits per heavy atom. The third-order valence-electron chi connectivity index (χ3n) is 3.89. The molecule has 0 amide bonds. The highest BCUT2D eigenvalue weighted by molar-refractivity contribution is 9.10. The summed E-state index contributed by atoms with van der Waals surface area (Å²) < 4.78 is 8.51. The molecule has 2 aromatic carbocycles. The summed E-state index contributed by atoms with van der Waals surface area (Å²) in [6.07, 6.45) is 1.54. The molecule has 26 heavy (non-hydrogen) atoms. The molecule has 7 heteroatoms. The molecule has 0 aliphatic heterocycles. The van der Waals surface area contributed by atoms with Crippen LogP contribution in [0.1, 0.15) is 16.1 Å². The molecule has 0 saturated heterocycles. The van der Waals surface area contributed by atoms with Gasteiger partial charge in [0.25, 0.3) is 0 Å². The van der Waals surface area contributed by atoms with Crippen molar-refractivity contribution in [3.63, 3.8) is 0 Å². The van der Waals surface area contributed by atoms with Gasteiger partial charge in [-0.15, -0.1) is 11.3 Å². The van der Waals surface area contributed by atoms with Crippen molar-refractivity contribution >= 4 is 38.2 Å². The molecule has 0 atom stereocenters. The summed E-state index contributed by atoms with van der Waals surface area (Å²) in [6, 6.07) is 15.8. The lowest BCUT2D eigenvalue weighted by Gasteiger charge is -2.10. The second-order valence-corrected chi connectivity index (χ2v) is 7.32. The molecule has 0 bridgehead atoms. The first kappa shape index (κ1) is 16.8. The van der Waals surface area contributed by atoms with Gasteiger partial charge >= 0.3 is 5.97 Å². The molecule has 0 fully saturated rings. The SMILES string of the molecule is O=C(O)c1cn2c(-c3ccc(OCc4ccccc4)c(Br)c3)csc2n1. The Labute approximate surface area is 161 Å². The fourth-order valence-corrected chi connectivity index (χ4v) is 3.98. The number of halogens is 1. The molecule has 2 heterocycles. The standard InChI is InChI=1S/C19H13BrN2O3S/c20-14-8-13(6-7-17(14)25-10-12-4-2-1-3-5-12)16-11-26-19-21-15(18(23)24)9-22(16)19/h1-9,11H,10H2,(H,23,24). The second kappa shape index (κ2) is 6.93. The third kappa shape index (κ3) is 3.23. The van der Waals surface area contributed by atoms with E-state index in [1.807, 2.05) is 53.9 Å². The average molecular weight is 429 g/mol. The minimum atomic E-state index is -1.03. The fourth-order valence-electron chi connectivity index (χ4n) is 2.61. The van der Waals surface area contributed by atoms with Crippen LogP contribution in [0.5, 0.6) is 5.75 Å². The molecule has 0 aliphatic carbocycles. The zero-order chi connectivity index (χ0) is 18.1. The minimum absolute atomic E-state index is 0.0416. The van der Waals surface area contributed by atoms with Crippen molar-refractivity contribution in [2.24, 2.45) is 0 Å². The van der Waals surface area contributed by atoms with E-state index in [0.29, 0.717) is 11.6 Å². The molecule has 0 radical (unpaired) electrons. The van der Waals surface area contributed by atoms with Crippen molar-refractivity contribution in [1.29, 1.82) is 0 Å². The summed E-state index contributed by atoms with van der Waals surface area (Å²) in [7, 11) is 0. The van der Waals surface area contributed by atoms with Crippen LogP contribution >= 0.6 is 27.3 Å². The van der Waals surface area contributed by atoms with Gasteiger partial charge in [0, 0.05) is 17.1 Å². The molecule has 0 unspecified atom stereocenters. The van der Waals surface area contributed by atoms with E-state index in [-0.39, 0.29) is 5.69 Å². The normalized spacial score (nSPS) is 11.0. The van der Waals surface area contributed by atoms with E-state index in [0.717, 1.165) is 27.0 Å². The lowest BCUT2D eigenvalue weighted by atomic mass is 10.1. The van der Waals surface area contributed by atoms with Crippen LogP contribution in [0.3, 0.4) is 0 Å². The van der Waals surface area contributed by atoms with E-state index in [1.165, 1.54) is 17.5 Å². The topological polar surface area (TPSA) is 63.8 Å². The van der Waals surface area contributed by atoms with Gasteiger partial charge < -0.3 is 9.84 Å². The number of aromatic nitrogens is 2. The monoisotopic (exact) mass is 428 g/mol. The zero-order valence-corrected chi connectivity index (χ0v) is 15.8. The van der Waals surface area contributed by atoms with Gasteiger partial charge in [0.2, 0.25) is 0 Å². The van der Waals surface area contributed by atoms with E-state index in [1.54, 1.807) is 4.40 Å². The number of thiazole rings is 1. The predicted octanol–water partition coefficient (Wildman–Crippen LogP) is 5.10. The predicted molar refractivity (Wildman–Crippen MR) is 104 cm³/mol. The van der Waals surface area contributed by atoms with Gasteiger partial charge in [-0.25, -0.2) is 9.78 Å². The van der Waals surface area contributed by atoms with E-state index in [4.69, 9.17) is 9.84 Å². The van der Waals surface area contributed by atoms with E-state index >= 15 is 0 Å². The maximum atomic E-state index is 11.1. The molecule has 1 N–H and O–H groups in total. The van der Waals surface area contributed by atoms with Gasteiger partial charge in [-0.1, -0.05) is 30.3 Å². The largest absolute Gasteiger partial charge is 0.488 e. The molecule has 0 spiro atoms. The van der Waals surface area contributed by atoms with E-state index in [2.05, 4.69) is 20.9 Å². The summed E-state index contributed by atoms with van der Waals surface area (Å²) >= 11 is 4.96. The van der Waals surface area contributed by atoms with Crippen molar-refractivity contribution in [2.75, 3.05) is 0 Å². The van der Waals surface area contributed by atoms with Gasteiger partial charge in [-0.3, -0.25) is 4.40 Å². The van der Waals surface area contributed by atoms with Crippen LogP contribution in [0.2, 0.25) is 0 Å². The van der Waals surface area contributed by atoms with Crippen LogP contribution in [-0.4, -0.2) is 20.5 Å². The Morgan fingerprint density at radius 1 is 1.23 bits per heavy atom. The van der Waals surface area contributed by atoms with Gasteiger partial charge in [-0.2, -0.15) is 0 Å². The molecule has 0 saturated carbocycles. The molecule has 130 valence electrons. The molecule has 5 nitrogen and oxygen atoms in total. The van der Waals surface area contributed by atoms with Gasteiger partial charge in [-0.05, 0) is 39.7 Å². The number of fused-ring (bicyclic) bond motifs is 1. The van der Waals surface area contributed by atoms with Gasteiger partial charge in [0.05, 0.1) is 10.2 Å². The van der Waals surface area contributed by atoms with Crippen molar-refractivity contribution < 1.29 is 14.6 Å². The summed E-state index contributed by atoms with van der Waals surface area (Å²) in [4.78, 5) is 15.9. The number of nitrogens with zero attached hydrogens (tertiary/aromatic N) is 2. The molecule has 2 aromatic heterocycles. The average Bonchev–Trinajstić information content (AvgIpc) is 3.22. The number of ether oxygens (including phenoxy) is 1. The van der Waals surface area contributed by atoms with E-state index in [9.17, 15) is 4.79 Å². The number of carboxylic acids is 1. The summed E-state index contributed by atoms with van der Waals surface area (Å²) in [5, 5.41) is 11.1. The number of imidazole rings is 1. The smallest absolute Gasteiger partial charge is 0.356 e. The highest BCUT2D eigenvalue weighted by atomic mass is 79.9. The number of carbonyl (C=O) groups is 1.